The van der Waals surface area contributed by atoms with E-state index in [1.807, 2.05) is 0 Å². The summed E-state index contributed by atoms with van der Waals surface area (Å²) in [6, 6.07) is 4.78. The molecule has 0 fully saturated rings. The Morgan fingerprint density at radius 1 is 0.955 bits per heavy atom. The first-order valence-corrected chi connectivity index (χ1v) is 6.04. The molecule has 0 aliphatic rings. The van der Waals surface area contributed by atoms with Gasteiger partial charge in [0.25, 0.3) is 5.60 Å². The summed E-state index contributed by atoms with van der Waals surface area (Å²) >= 11 is 0. The second kappa shape index (κ2) is 5.96. The molecule has 1 rings (SSSR count). The molecule has 0 aromatic heterocycles. The monoisotopic (exact) mass is 332 g/mol. The molecular formula is C13H14F6O3. The average Bonchev–Trinajstić information content (AvgIpc) is 2.42. The summed E-state index contributed by atoms with van der Waals surface area (Å²) in [7, 11) is 1.32. The molecule has 0 unspecified atom stereocenters. The van der Waals surface area contributed by atoms with Crippen LogP contribution in [0.2, 0.25) is 0 Å². The predicted molar refractivity (Wildman–Crippen MR) is 64.2 cm³/mol. The first-order chi connectivity index (χ1) is 9.86. The highest BCUT2D eigenvalue weighted by molar-refractivity contribution is 5.29. The first-order valence-electron chi connectivity index (χ1n) is 6.04. The van der Waals surface area contributed by atoms with E-state index in [0.717, 1.165) is 12.1 Å². The van der Waals surface area contributed by atoms with Gasteiger partial charge in [0.1, 0.15) is 5.75 Å². The van der Waals surface area contributed by atoms with E-state index in [4.69, 9.17) is 4.74 Å². The van der Waals surface area contributed by atoms with E-state index < -0.39 is 30.0 Å². The van der Waals surface area contributed by atoms with Crippen LogP contribution in [0, 0.1) is 5.92 Å². The zero-order chi connectivity index (χ0) is 17.3. The molecule has 0 bridgehead atoms. The minimum absolute atomic E-state index is 0.208. The van der Waals surface area contributed by atoms with Gasteiger partial charge in [-0.2, -0.15) is 26.3 Å². The van der Waals surface area contributed by atoms with Crippen LogP contribution in [0.4, 0.5) is 26.3 Å². The van der Waals surface area contributed by atoms with E-state index in [9.17, 15) is 36.6 Å². The molecule has 1 aromatic rings. The van der Waals surface area contributed by atoms with Gasteiger partial charge in [0, 0.05) is 5.92 Å². The van der Waals surface area contributed by atoms with Crippen LogP contribution in [-0.2, 0) is 0 Å². The molecule has 0 radical (unpaired) electrons. The molecule has 0 saturated heterocycles. The van der Waals surface area contributed by atoms with Gasteiger partial charge in [0.05, 0.1) is 13.2 Å². The molecule has 2 N–H and O–H groups in total. The minimum Gasteiger partial charge on any atom is -0.497 e. The van der Waals surface area contributed by atoms with Crippen LogP contribution in [0.3, 0.4) is 0 Å². The molecule has 0 heterocycles. The van der Waals surface area contributed by atoms with Crippen LogP contribution in [0.5, 0.6) is 5.75 Å². The van der Waals surface area contributed by atoms with Crippen molar-refractivity contribution < 1.29 is 41.3 Å². The van der Waals surface area contributed by atoms with Crippen molar-refractivity contribution >= 4 is 0 Å². The lowest BCUT2D eigenvalue weighted by Crippen LogP contribution is -2.62. The van der Waals surface area contributed by atoms with Gasteiger partial charge < -0.3 is 14.9 Å². The van der Waals surface area contributed by atoms with Gasteiger partial charge in [-0.3, -0.25) is 0 Å². The van der Waals surface area contributed by atoms with Crippen molar-refractivity contribution in [2.24, 2.45) is 5.92 Å². The third kappa shape index (κ3) is 3.14. The minimum atomic E-state index is -5.99. The van der Waals surface area contributed by atoms with Gasteiger partial charge in [-0.15, -0.1) is 0 Å². The average molecular weight is 332 g/mol. The van der Waals surface area contributed by atoms with Gasteiger partial charge in [-0.1, -0.05) is 19.1 Å². The van der Waals surface area contributed by atoms with Gasteiger partial charge in [-0.05, 0) is 17.7 Å². The number of aliphatic hydroxyl groups is 2. The summed E-state index contributed by atoms with van der Waals surface area (Å²) in [6.45, 7) is 0.482. The first kappa shape index (κ1) is 18.6. The Balaban J connectivity index is 3.21. The second-order valence-electron chi connectivity index (χ2n) is 4.77. The number of ether oxygens (including phenoxy) is 1. The van der Waals surface area contributed by atoms with E-state index in [1.165, 1.54) is 19.2 Å². The molecule has 0 spiro atoms. The van der Waals surface area contributed by atoms with E-state index in [-0.39, 0.29) is 5.56 Å². The number of hydrogen-bond donors (Lipinski definition) is 2. The summed E-state index contributed by atoms with van der Waals surface area (Å²) in [5.74, 6) is -2.26. The van der Waals surface area contributed by atoms with Gasteiger partial charge in [0.2, 0.25) is 0 Å². The maximum Gasteiger partial charge on any atom is 0.426 e. The third-order valence-corrected chi connectivity index (χ3v) is 3.45. The zero-order valence-corrected chi connectivity index (χ0v) is 11.5. The number of benzene rings is 1. The topological polar surface area (TPSA) is 49.7 Å². The maximum absolute atomic E-state index is 12.7. The molecule has 0 aliphatic carbocycles. The van der Waals surface area contributed by atoms with Crippen molar-refractivity contribution in [1.82, 2.24) is 0 Å². The lowest BCUT2D eigenvalue weighted by atomic mass is 9.81. The number of aliphatic hydroxyl groups excluding tert-OH is 1. The number of hydrogen-bond acceptors (Lipinski definition) is 3. The summed E-state index contributed by atoms with van der Waals surface area (Å²) in [5, 5.41) is 19.1. The van der Waals surface area contributed by atoms with Crippen LogP contribution in [-0.4, -0.2) is 35.3 Å². The van der Waals surface area contributed by atoms with Crippen molar-refractivity contribution in [3.8, 4) is 5.75 Å². The van der Waals surface area contributed by atoms with E-state index in [0.29, 0.717) is 12.7 Å². The second-order valence-corrected chi connectivity index (χ2v) is 4.77. The van der Waals surface area contributed by atoms with Crippen LogP contribution < -0.4 is 4.74 Å². The summed E-state index contributed by atoms with van der Waals surface area (Å²) in [6.07, 6.45) is -14.2. The molecule has 1 aromatic carbocycles. The lowest BCUT2D eigenvalue weighted by molar-refractivity contribution is -0.389. The van der Waals surface area contributed by atoms with E-state index in [1.54, 1.807) is 0 Å². The summed E-state index contributed by atoms with van der Waals surface area (Å²) < 4.78 is 81.3. The molecule has 0 saturated carbocycles. The fourth-order valence-corrected chi connectivity index (χ4v) is 2.00. The van der Waals surface area contributed by atoms with Crippen molar-refractivity contribution in [2.45, 2.75) is 31.0 Å². The van der Waals surface area contributed by atoms with Gasteiger partial charge >= 0.3 is 12.4 Å². The van der Waals surface area contributed by atoms with Gasteiger partial charge in [-0.25, -0.2) is 0 Å². The number of alkyl halides is 6. The molecular weight excluding hydrogens is 318 g/mol. The maximum atomic E-state index is 12.7. The quantitative estimate of drug-likeness (QED) is 0.833. The Labute approximate surface area is 122 Å². The fourth-order valence-electron chi connectivity index (χ4n) is 2.00. The molecule has 9 heteroatoms. The molecule has 2 atom stereocenters. The van der Waals surface area contributed by atoms with E-state index >= 15 is 0 Å². The highest BCUT2D eigenvalue weighted by Gasteiger charge is 2.73. The number of rotatable bonds is 4. The number of methoxy groups -OCH3 is 1. The number of halogens is 6. The summed E-state index contributed by atoms with van der Waals surface area (Å²) in [5.41, 5.74) is -5.24. The Morgan fingerprint density at radius 2 is 1.36 bits per heavy atom. The zero-order valence-electron chi connectivity index (χ0n) is 11.5. The Hall–Kier alpha value is -1.48. The Kier molecular flexibility index (Phi) is 5.03. The SMILES string of the molecule is COc1ccc([C@H](O)[C@@H](C)C(O)(C(F)(F)F)C(F)(F)F)cc1. The molecule has 0 amide bonds. The van der Waals surface area contributed by atoms with Crippen LogP contribution in [0.25, 0.3) is 0 Å². The standard InChI is InChI=1S/C13H14F6O3/c1-7(11(21,12(14,15)16)13(17,18)19)10(20)8-3-5-9(22-2)6-4-8/h3-7,10,20-21H,1-2H3/t7-,10-/m1/s1. The highest BCUT2D eigenvalue weighted by atomic mass is 19.4. The van der Waals surface area contributed by atoms with Crippen LogP contribution in [0.1, 0.15) is 18.6 Å². The molecule has 3 nitrogen and oxygen atoms in total. The molecule has 22 heavy (non-hydrogen) atoms. The lowest BCUT2D eigenvalue weighted by Gasteiger charge is -2.39. The highest BCUT2D eigenvalue weighted by Crippen LogP contribution is 2.50. The van der Waals surface area contributed by atoms with E-state index in [2.05, 4.69) is 0 Å². The van der Waals surface area contributed by atoms with Crippen molar-refractivity contribution in [3.05, 3.63) is 29.8 Å². The molecule has 0 aliphatic heterocycles. The largest absolute Gasteiger partial charge is 0.497 e. The molecule has 126 valence electrons. The fraction of sp³-hybridized carbons (Fsp3) is 0.538. The Morgan fingerprint density at radius 3 is 1.68 bits per heavy atom. The predicted octanol–water partition coefficient (Wildman–Crippen LogP) is 3.22. The normalized spacial score (nSPS) is 16.3. The van der Waals surface area contributed by atoms with Crippen molar-refractivity contribution in [1.29, 1.82) is 0 Å². The smallest absolute Gasteiger partial charge is 0.426 e. The Bertz CT molecular complexity index is 480. The van der Waals surface area contributed by atoms with Gasteiger partial charge in [0.15, 0.2) is 0 Å². The van der Waals surface area contributed by atoms with Crippen LogP contribution in [0.15, 0.2) is 24.3 Å². The van der Waals surface area contributed by atoms with Crippen LogP contribution >= 0.6 is 0 Å². The van der Waals surface area contributed by atoms with Crippen molar-refractivity contribution in [2.75, 3.05) is 7.11 Å². The van der Waals surface area contributed by atoms with Crippen molar-refractivity contribution in [3.63, 3.8) is 0 Å². The third-order valence-electron chi connectivity index (χ3n) is 3.45. The summed E-state index contributed by atoms with van der Waals surface area (Å²) in [4.78, 5) is 0.